The van der Waals surface area contributed by atoms with Gasteiger partial charge < -0.3 is 10.1 Å². The lowest BCUT2D eigenvalue weighted by Crippen LogP contribution is -2.25. The molecule has 0 fully saturated rings. The predicted octanol–water partition coefficient (Wildman–Crippen LogP) is 4.82. The van der Waals surface area contributed by atoms with E-state index in [4.69, 9.17) is 27.9 Å². The number of sulfonamides is 1. The van der Waals surface area contributed by atoms with Crippen molar-refractivity contribution in [2.75, 3.05) is 17.1 Å². The van der Waals surface area contributed by atoms with Crippen molar-refractivity contribution in [1.29, 1.82) is 0 Å². The molecule has 2 N–H and O–H groups in total. The summed E-state index contributed by atoms with van der Waals surface area (Å²) < 4.78 is 34.5. The highest BCUT2D eigenvalue weighted by Gasteiger charge is 2.20. The van der Waals surface area contributed by atoms with Crippen molar-refractivity contribution in [2.45, 2.75) is 31.7 Å². The number of hydrogen-bond acceptors (Lipinski definition) is 5. The van der Waals surface area contributed by atoms with Crippen LogP contribution in [0.15, 0.2) is 47.4 Å². The molecule has 1 atom stereocenters. The van der Waals surface area contributed by atoms with E-state index in [1.165, 1.54) is 43.5 Å². The molecule has 1 unspecified atom stereocenters. The molecule has 1 aromatic heterocycles. The highest BCUT2D eigenvalue weighted by atomic mass is 35.5. The fourth-order valence-corrected chi connectivity index (χ4v) is 4.72. The van der Waals surface area contributed by atoms with Gasteiger partial charge in [-0.25, -0.2) is 8.42 Å². The second kappa shape index (κ2) is 9.40. The van der Waals surface area contributed by atoms with Crippen LogP contribution in [0.4, 0.5) is 11.4 Å². The minimum Gasteiger partial charge on any atom is -0.495 e. The Morgan fingerprint density at radius 2 is 1.81 bits per heavy atom. The van der Waals surface area contributed by atoms with E-state index in [0.29, 0.717) is 11.4 Å². The molecule has 1 heterocycles. The van der Waals surface area contributed by atoms with Gasteiger partial charge in [0, 0.05) is 5.69 Å². The molecular weight excluding hydrogens is 475 g/mol. The molecule has 3 aromatic rings. The maximum Gasteiger partial charge on any atom is 0.261 e. The number of anilines is 2. The molecule has 0 saturated carbocycles. The minimum absolute atomic E-state index is 0.0319. The fraction of sp³-hybridized carbons (Fsp3) is 0.238. The molecule has 0 bridgehead atoms. The van der Waals surface area contributed by atoms with E-state index in [0.717, 1.165) is 11.4 Å². The van der Waals surface area contributed by atoms with Crippen LogP contribution >= 0.6 is 23.2 Å². The Labute approximate surface area is 196 Å². The zero-order valence-corrected chi connectivity index (χ0v) is 20.1. The number of carbonyl (C=O) groups is 1. The Hall–Kier alpha value is -2.75. The summed E-state index contributed by atoms with van der Waals surface area (Å²) in [6, 6.07) is 9.89. The lowest BCUT2D eigenvalue weighted by Gasteiger charge is -2.16. The number of rotatable bonds is 7. The van der Waals surface area contributed by atoms with Crippen molar-refractivity contribution in [2.24, 2.45) is 0 Å². The standard InChI is InChI=1S/C21H22Cl2N4O4S/c1-12-9-13(2)27(25-12)14(3)21(28)24-19-7-5-15(10-17(19)22)26-32(29,30)16-6-8-20(31-4)18(23)11-16/h5-11,14,26H,1-4H3,(H,24,28). The number of ether oxygens (including phenoxy) is 1. The van der Waals surface area contributed by atoms with Crippen LogP contribution in [0.5, 0.6) is 5.75 Å². The Morgan fingerprint density at radius 1 is 1.09 bits per heavy atom. The Morgan fingerprint density at radius 3 is 2.38 bits per heavy atom. The quantitative estimate of drug-likeness (QED) is 0.488. The van der Waals surface area contributed by atoms with Crippen LogP contribution in [0.3, 0.4) is 0 Å². The Bertz CT molecular complexity index is 1270. The van der Waals surface area contributed by atoms with Gasteiger partial charge in [-0.15, -0.1) is 0 Å². The Kier molecular flexibility index (Phi) is 7.02. The van der Waals surface area contributed by atoms with E-state index >= 15 is 0 Å². The van der Waals surface area contributed by atoms with Crippen LogP contribution in [0.1, 0.15) is 24.4 Å². The van der Waals surface area contributed by atoms with Crippen LogP contribution in [0.25, 0.3) is 0 Å². The van der Waals surface area contributed by atoms with E-state index in [1.807, 2.05) is 19.9 Å². The molecule has 2 aromatic carbocycles. The molecule has 3 rings (SSSR count). The van der Waals surface area contributed by atoms with Gasteiger partial charge in [-0.05, 0) is 63.2 Å². The maximum absolute atomic E-state index is 12.7. The molecule has 0 aliphatic rings. The minimum atomic E-state index is -3.91. The highest BCUT2D eigenvalue weighted by Crippen LogP contribution is 2.30. The van der Waals surface area contributed by atoms with Crippen molar-refractivity contribution < 1.29 is 17.9 Å². The van der Waals surface area contributed by atoms with Crippen LogP contribution in [-0.2, 0) is 14.8 Å². The summed E-state index contributed by atoms with van der Waals surface area (Å²) in [4.78, 5) is 12.6. The second-order valence-electron chi connectivity index (χ2n) is 7.13. The molecule has 0 saturated heterocycles. The van der Waals surface area contributed by atoms with E-state index in [1.54, 1.807) is 11.6 Å². The van der Waals surface area contributed by atoms with Crippen LogP contribution in [0, 0.1) is 13.8 Å². The van der Waals surface area contributed by atoms with Gasteiger partial charge in [0.05, 0.1) is 39.1 Å². The van der Waals surface area contributed by atoms with Crippen molar-refractivity contribution in [3.8, 4) is 5.75 Å². The number of carbonyl (C=O) groups excluding carboxylic acids is 1. The largest absolute Gasteiger partial charge is 0.495 e. The normalized spacial score (nSPS) is 12.3. The van der Waals surface area contributed by atoms with Gasteiger partial charge in [0.25, 0.3) is 10.0 Å². The number of amides is 1. The summed E-state index contributed by atoms with van der Waals surface area (Å²) in [7, 11) is -2.47. The molecule has 0 aliphatic carbocycles. The summed E-state index contributed by atoms with van der Waals surface area (Å²) in [5.74, 6) is 0.0581. The summed E-state index contributed by atoms with van der Waals surface area (Å²) >= 11 is 12.3. The third-order valence-electron chi connectivity index (χ3n) is 4.70. The van der Waals surface area contributed by atoms with E-state index in [9.17, 15) is 13.2 Å². The molecule has 11 heteroatoms. The lowest BCUT2D eigenvalue weighted by atomic mass is 10.2. The molecule has 32 heavy (non-hydrogen) atoms. The third kappa shape index (κ3) is 5.17. The summed E-state index contributed by atoms with van der Waals surface area (Å²) in [6.45, 7) is 5.45. The number of nitrogens with zero attached hydrogens (tertiary/aromatic N) is 2. The maximum atomic E-state index is 12.7. The first-order valence-corrected chi connectivity index (χ1v) is 11.7. The van der Waals surface area contributed by atoms with Gasteiger partial charge in [0.15, 0.2) is 0 Å². The van der Waals surface area contributed by atoms with E-state index < -0.39 is 16.1 Å². The summed E-state index contributed by atoms with van der Waals surface area (Å²) in [5.41, 5.74) is 2.25. The van der Waals surface area contributed by atoms with Crippen LogP contribution in [0.2, 0.25) is 10.0 Å². The van der Waals surface area contributed by atoms with Gasteiger partial charge in [0.2, 0.25) is 5.91 Å². The van der Waals surface area contributed by atoms with Gasteiger partial charge >= 0.3 is 0 Å². The van der Waals surface area contributed by atoms with Crippen molar-refractivity contribution in [3.05, 3.63) is 63.9 Å². The lowest BCUT2D eigenvalue weighted by molar-refractivity contribution is -0.119. The number of nitrogens with one attached hydrogen (secondary N) is 2. The first-order valence-electron chi connectivity index (χ1n) is 9.51. The monoisotopic (exact) mass is 496 g/mol. The number of benzene rings is 2. The highest BCUT2D eigenvalue weighted by molar-refractivity contribution is 7.92. The summed E-state index contributed by atoms with van der Waals surface area (Å²) in [5, 5.41) is 7.41. The van der Waals surface area contributed by atoms with Crippen molar-refractivity contribution in [1.82, 2.24) is 9.78 Å². The topological polar surface area (TPSA) is 102 Å². The SMILES string of the molecule is COc1ccc(S(=O)(=O)Nc2ccc(NC(=O)C(C)n3nc(C)cc3C)c(Cl)c2)cc1Cl. The number of aryl methyl sites for hydroxylation is 2. The third-order valence-corrected chi connectivity index (χ3v) is 6.69. The number of methoxy groups -OCH3 is 1. The average molecular weight is 497 g/mol. The van der Waals surface area contributed by atoms with Gasteiger partial charge in [-0.1, -0.05) is 23.2 Å². The Balaban J connectivity index is 1.75. The van der Waals surface area contributed by atoms with Crippen molar-refractivity contribution >= 4 is 50.5 Å². The van der Waals surface area contributed by atoms with Crippen LogP contribution in [-0.4, -0.2) is 31.2 Å². The number of halogens is 2. The molecule has 0 aliphatic heterocycles. The first kappa shape index (κ1) is 23.9. The molecule has 1 amide bonds. The molecule has 170 valence electrons. The summed E-state index contributed by atoms with van der Waals surface area (Å²) in [6.07, 6.45) is 0. The van der Waals surface area contributed by atoms with Crippen LogP contribution < -0.4 is 14.8 Å². The van der Waals surface area contributed by atoms with Crippen molar-refractivity contribution in [3.63, 3.8) is 0 Å². The van der Waals surface area contributed by atoms with Gasteiger partial charge in [-0.3, -0.25) is 14.2 Å². The van der Waals surface area contributed by atoms with E-state index in [2.05, 4.69) is 15.1 Å². The fourth-order valence-electron chi connectivity index (χ4n) is 3.09. The number of hydrogen-bond donors (Lipinski definition) is 2. The molecule has 8 nitrogen and oxygen atoms in total. The molecular formula is C21H22Cl2N4O4S. The molecule has 0 radical (unpaired) electrons. The average Bonchev–Trinajstić information content (AvgIpc) is 3.06. The molecule has 0 spiro atoms. The smallest absolute Gasteiger partial charge is 0.261 e. The van der Waals surface area contributed by atoms with Gasteiger partial charge in [-0.2, -0.15) is 5.10 Å². The second-order valence-corrected chi connectivity index (χ2v) is 9.63. The van der Waals surface area contributed by atoms with E-state index in [-0.39, 0.29) is 26.5 Å². The zero-order chi connectivity index (χ0) is 23.6. The van der Waals surface area contributed by atoms with Gasteiger partial charge in [0.1, 0.15) is 11.8 Å². The first-order chi connectivity index (χ1) is 15.0. The predicted molar refractivity (Wildman–Crippen MR) is 125 cm³/mol. The number of aromatic nitrogens is 2. The zero-order valence-electron chi connectivity index (χ0n) is 17.8.